The average Bonchev–Trinajstić information content (AvgIpc) is 2.27. The van der Waals surface area contributed by atoms with Gasteiger partial charge >= 0.3 is 0 Å². The van der Waals surface area contributed by atoms with Gasteiger partial charge in [-0.3, -0.25) is 5.32 Å². The Hall–Kier alpha value is -0.120. The molecule has 0 aliphatic carbocycles. The van der Waals surface area contributed by atoms with Crippen molar-refractivity contribution < 1.29 is 4.74 Å². The minimum absolute atomic E-state index is 0.0677. The molecule has 0 aromatic carbocycles. The van der Waals surface area contributed by atoms with Crippen molar-refractivity contribution in [2.45, 2.75) is 57.2 Å². The number of rotatable bonds is 0. The van der Waals surface area contributed by atoms with Gasteiger partial charge in [0, 0.05) is 17.6 Å². The number of hydrogen-bond donors (Lipinski definition) is 2. The number of ether oxygens (including phenoxy) is 1. The highest BCUT2D eigenvalue weighted by molar-refractivity contribution is 5.07. The Morgan fingerprint density at radius 1 is 1.00 bits per heavy atom. The van der Waals surface area contributed by atoms with Crippen molar-refractivity contribution in [3.8, 4) is 0 Å². The highest BCUT2D eigenvalue weighted by Gasteiger charge is 2.49. The number of piperidine rings is 1. The van der Waals surface area contributed by atoms with E-state index < -0.39 is 0 Å². The van der Waals surface area contributed by atoms with E-state index in [4.69, 9.17) is 4.74 Å². The Bertz CT molecular complexity index is 211. The quantitative estimate of drug-likeness (QED) is 0.614. The largest absolute Gasteiger partial charge is 0.358 e. The third-order valence-electron chi connectivity index (χ3n) is 3.13. The lowest BCUT2D eigenvalue weighted by Crippen LogP contribution is -2.64. The van der Waals surface area contributed by atoms with Crippen molar-refractivity contribution in [2.75, 3.05) is 13.3 Å². The van der Waals surface area contributed by atoms with Gasteiger partial charge in [-0.05, 0) is 40.5 Å². The van der Waals surface area contributed by atoms with Crippen LogP contribution < -0.4 is 10.6 Å². The number of nitrogens with one attached hydrogen (secondary N) is 2. The van der Waals surface area contributed by atoms with Crippen molar-refractivity contribution in [1.29, 1.82) is 0 Å². The van der Waals surface area contributed by atoms with E-state index in [1.165, 1.54) is 0 Å². The molecule has 2 fully saturated rings. The molecule has 0 saturated carbocycles. The van der Waals surface area contributed by atoms with Crippen molar-refractivity contribution in [3.05, 3.63) is 0 Å². The molecule has 14 heavy (non-hydrogen) atoms. The second-order valence-electron chi connectivity index (χ2n) is 6.14. The molecule has 0 aromatic heterocycles. The van der Waals surface area contributed by atoms with Crippen LogP contribution in [0.4, 0.5) is 0 Å². The SMILES string of the molecule is CC1(C)CC2(CNCO2)CC(C)(C)N1. The molecule has 2 saturated heterocycles. The second-order valence-corrected chi connectivity index (χ2v) is 6.14. The maximum atomic E-state index is 5.90. The molecule has 3 heteroatoms. The van der Waals surface area contributed by atoms with Gasteiger partial charge in [-0.1, -0.05) is 0 Å². The third-order valence-corrected chi connectivity index (χ3v) is 3.13. The molecule has 0 radical (unpaired) electrons. The maximum absolute atomic E-state index is 5.90. The van der Waals surface area contributed by atoms with E-state index in [1.807, 2.05) is 0 Å². The summed E-state index contributed by atoms with van der Waals surface area (Å²) < 4.78 is 5.90. The van der Waals surface area contributed by atoms with E-state index in [0.717, 1.165) is 19.4 Å². The summed E-state index contributed by atoms with van der Waals surface area (Å²) in [7, 11) is 0. The summed E-state index contributed by atoms with van der Waals surface area (Å²) in [5, 5.41) is 6.98. The Morgan fingerprint density at radius 3 is 2.00 bits per heavy atom. The van der Waals surface area contributed by atoms with Crippen molar-refractivity contribution in [1.82, 2.24) is 10.6 Å². The molecule has 2 aliphatic rings. The molecule has 2 N–H and O–H groups in total. The molecule has 0 bridgehead atoms. The lowest BCUT2D eigenvalue weighted by molar-refractivity contribution is -0.0664. The lowest BCUT2D eigenvalue weighted by Gasteiger charge is -2.50. The first kappa shape index (κ1) is 10.4. The Balaban J connectivity index is 2.20. The molecular weight excluding hydrogens is 176 g/mol. The summed E-state index contributed by atoms with van der Waals surface area (Å²) in [5.74, 6) is 0. The first-order valence-electron chi connectivity index (χ1n) is 5.47. The predicted octanol–water partition coefficient (Wildman–Crippen LogP) is 1.24. The highest BCUT2D eigenvalue weighted by Crippen LogP contribution is 2.39. The molecule has 0 atom stereocenters. The maximum Gasteiger partial charge on any atom is 0.0974 e. The molecule has 0 unspecified atom stereocenters. The Kier molecular flexibility index (Phi) is 2.18. The average molecular weight is 198 g/mol. The standard InChI is InChI=1S/C11H22N2O/c1-9(2)5-11(7-12-8-14-11)6-10(3,4)13-9/h12-13H,5-8H2,1-4H3. The van der Waals surface area contributed by atoms with Crippen molar-refractivity contribution >= 4 is 0 Å². The molecule has 3 nitrogen and oxygen atoms in total. The van der Waals surface area contributed by atoms with Crippen LogP contribution in [-0.4, -0.2) is 30.0 Å². The van der Waals surface area contributed by atoms with Crippen LogP contribution in [-0.2, 0) is 4.74 Å². The minimum Gasteiger partial charge on any atom is -0.358 e. The van der Waals surface area contributed by atoms with Crippen LogP contribution in [0.5, 0.6) is 0 Å². The summed E-state index contributed by atoms with van der Waals surface area (Å²) in [6, 6.07) is 0. The topological polar surface area (TPSA) is 33.3 Å². The van der Waals surface area contributed by atoms with Gasteiger partial charge in [-0.15, -0.1) is 0 Å². The van der Waals surface area contributed by atoms with Crippen LogP contribution in [0.3, 0.4) is 0 Å². The molecule has 1 spiro atoms. The second kappa shape index (κ2) is 2.94. The van der Waals surface area contributed by atoms with E-state index in [-0.39, 0.29) is 16.7 Å². The van der Waals surface area contributed by atoms with Crippen LogP contribution in [0.15, 0.2) is 0 Å². The van der Waals surface area contributed by atoms with Crippen LogP contribution in [0, 0.1) is 0 Å². The minimum atomic E-state index is 0.0677. The highest BCUT2D eigenvalue weighted by atomic mass is 16.5. The third kappa shape index (κ3) is 1.95. The van der Waals surface area contributed by atoms with E-state index >= 15 is 0 Å². The molecule has 2 heterocycles. The van der Waals surface area contributed by atoms with Gasteiger partial charge in [0.25, 0.3) is 0 Å². The van der Waals surface area contributed by atoms with Crippen LogP contribution in [0.2, 0.25) is 0 Å². The fraction of sp³-hybridized carbons (Fsp3) is 1.00. The van der Waals surface area contributed by atoms with E-state index in [2.05, 4.69) is 38.3 Å². The zero-order valence-electron chi connectivity index (χ0n) is 9.74. The van der Waals surface area contributed by atoms with Crippen molar-refractivity contribution in [2.24, 2.45) is 0 Å². The zero-order valence-corrected chi connectivity index (χ0v) is 9.74. The zero-order chi connectivity index (χ0) is 10.4. The van der Waals surface area contributed by atoms with Gasteiger partial charge in [0.05, 0.1) is 12.3 Å². The lowest BCUT2D eigenvalue weighted by atomic mass is 9.73. The summed E-state index contributed by atoms with van der Waals surface area (Å²) >= 11 is 0. The monoisotopic (exact) mass is 198 g/mol. The normalized spacial score (nSPS) is 33.4. The van der Waals surface area contributed by atoms with Gasteiger partial charge in [0.2, 0.25) is 0 Å². The molecule has 0 aromatic rings. The molecule has 2 aliphatic heterocycles. The van der Waals surface area contributed by atoms with Crippen LogP contribution in [0.1, 0.15) is 40.5 Å². The fourth-order valence-corrected chi connectivity index (χ4v) is 3.44. The van der Waals surface area contributed by atoms with Crippen LogP contribution >= 0.6 is 0 Å². The molecule has 2 rings (SSSR count). The smallest absolute Gasteiger partial charge is 0.0974 e. The molecule has 82 valence electrons. The Morgan fingerprint density at radius 2 is 1.57 bits per heavy atom. The predicted molar refractivity (Wildman–Crippen MR) is 57.2 cm³/mol. The molecular formula is C11H22N2O. The molecule has 0 amide bonds. The van der Waals surface area contributed by atoms with Crippen molar-refractivity contribution in [3.63, 3.8) is 0 Å². The van der Waals surface area contributed by atoms with Gasteiger partial charge in [-0.25, -0.2) is 0 Å². The van der Waals surface area contributed by atoms with Crippen LogP contribution in [0.25, 0.3) is 0 Å². The summed E-state index contributed by atoms with van der Waals surface area (Å²) in [6.07, 6.45) is 2.19. The van der Waals surface area contributed by atoms with E-state index in [1.54, 1.807) is 0 Å². The van der Waals surface area contributed by atoms with Gasteiger partial charge in [-0.2, -0.15) is 0 Å². The van der Waals surface area contributed by atoms with E-state index in [0.29, 0.717) is 6.73 Å². The summed E-state index contributed by atoms with van der Waals surface area (Å²) in [5.41, 5.74) is 0.416. The summed E-state index contributed by atoms with van der Waals surface area (Å²) in [6.45, 7) is 10.8. The fourth-order valence-electron chi connectivity index (χ4n) is 3.44. The van der Waals surface area contributed by atoms with Gasteiger partial charge in [0.15, 0.2) is 0 Å². The van der Waals surface area contributed by atoms with E-state index in [9.17, 15) is 0 Å². The Labute approximate surface area is 86.6 Å². The first-order valence-corrected chi connectivity index (χ1v) is 5.47. The summed E-state index contributed by atoms with van der Waals surface area (Å²) in [4.78, 5) is 0. The first-order chi connectivity index (χ1) is 6.33. The van der Waals surface area contributed by atoms with Gasteiger partial charge in [0.1, 0.15) is 0 Å². The van der Waals surface area contributed by atoms with Gasteiger partial charge < -0.3 is 10.1 Å². The number of hydrogen-bond acceptors (Lipinski definition) is 3.